The number of aliphatic hydroxyl groups excluding tert-OH is 1. The molecule has 0 bridgehead atoms. The van der Waals surface area contributed by atoms with Crippen LogP contribution in [-0.4, -0.2) is 5.11 Å². The molecule has 2 rings (SSSR count). The lowest BCUT2D eigenvalue weighted by Crippen LogP contribution is -2.00. The van der Waals surface area contributed by atoms with Crippen LogP contribution in [0.3, 0.4) is 0 Å². The molecule has 4 heteroatoms. The fourth-order valence-corrected chi connectivity index (χ4v) is 1.60. The van der Waals surface area contributed by atoms with Crippen molar-refractivity contribution in [2.75, 3.05) is 0 Å². The zero-order chi connectivity index (χ0) is 13.0. The summed E-state index contributed by atoms with van der Waals surface area (Å²) in [5.74, 6) is 0.822. The summed E-state index contributed by atoms with van der Waals surface area (Å²) in [7, 11) is 0. The van der Waals surface area contributed by atoms with Gasteiger partial charge in [-0.2, -0.15) is 0 Å². The molecule has 18 heavy (non-hydrogen) atoms. The Kier molecular flexibility index (Phi) is 3.92. The summed E-state index contributed by atoms with van der Waals surface area (Å²) >= 11 is 0. The smallest absolute Gasteiger partial charge is 0.132 e. The molecule has 0 aliphatic rings. The number of halogens is 1. The predicted molar refractivity (Wildman–Crippen MR) is 66.7 cm³/mol. The van der Waals surface area contributed by atoms with E-state index in [9.17, 15) is 4.39 Å². The standard InChI is InChI=1S/C14H14FNO2/c15-12-3-6-14(11(7-12)8-16)18-13-4-1-10(9-17)2-5-13/h1-7,17H,8-9,16H2. The van der Waals surface area contributed by atoms with E-state index in [0.29, 0.717) is 17.1 Å². The van der Waals surface area contributed by atoms with E-state index in [0.717, 1.165) is 5.56 Å². The fraction of sp³-hybridized carbons (Fsp3) is 0.143. The first kappa shape index (κ1) is 12.5. The van der Waals surface area contributed by atoms with Gasteiger partial charge in [-0.25, -0.2) is 4.39 Å². The molecule has 0 aliphatic carbocycles. The summed E-state index contributed by atoms with van der Waals surface area (Å²) in [4.78, 5) is 0. The van der Waals surface area contributed by atoms with Crippen molar-refractivity contribution in [2.24, 2.45) is 5.73 Å². The maximum Gasteiger partial charge on any atom is 0.132 e. The average molecular weight is 247 g/mol. The van der Waals surface area contributed by atoms with Gasteiger partial charge in [-0.05, 0) is 35.9 Å². The van der Waals surface area contributed by atoms with Crippen LogP contribution in [-0.2, 0) is 13.2 Å². The first-order valence-corrected chi connectivity index (χ1v) is 5.59. The Morgan fingerprint density at radius 1 is 1.11 bits per heavy atom. The molecule has 2 aromatic rings. The highest BCUT2D eigenvalue weighted by Crippen LogP contribution is 2.26. The topological polar surface area (TPSA) is 55.5 Å². The van der Waals surface area contributed by atoms with E-state index in [4.69, 9.17) is 15.6 Å². The lowest BCUT2D eigenvalue weighted by Gasteiger charge is -2.10. The molecule has 0 fully saturated rings. The summed E-state index contributed by atoms with van der Waals surface area (Å²) < 4.78 is 18.7. The number of aliphatic hydroxyl groups is 1. The van der Waals surface area contributed by atoms with Crippen molar-refractivity contribution in [3.8, 4) is 11.5 Å². The van der Waals surface area contributed by atoms with Crippen LogP contribution >= 0.6 is 0 Å². The van der Waals surface area contributed by atoms with E-state index in [1.165, 1.54) is 12.1 Å². The molecule has 2 aromatic carbocycles. The quantitative estimate of drug-likeness (QED) is 0.873. The molecule has 3 nitrogen and oxygen atoms in total. The normalized spacial score (nSPS) is 10.4. The van der Waals surface area contributed by atoms with Crippen LogP contribution in [0.15, 0.2) is 42.5 Å². The maximum atomic E-state index is 13.0. The second kappa shape index (κ2) is 5.62. The van der Waals surface area contributed by atoms with E-state index in [1.54, 1.807) is 30.3 Å². The van der Waals surface area contributed by atoms with Gasteiger partial charge in [-0.1, -0.05) is 12.1 Å². The van der Waals surface area contributed by atoms with Crippen molar-refractivity contribution in [2.45, 2.75) is 13.2 Å². The van der Waals surface area contributed by atoms with E-state index >= 15 is 0 Å². The molecule has 0 radical (unpaired) electrons. The van der Waals surface area contributed by atoms with E-state index in [2.05, 4.69) is 0 Å². The van der Waals surface area contributed by atoms with Crippen molar-refractivity contribution in [3.63, 3.8) is 0 Å². The number of benzene rings is 2. The van der Waals surface area contributed by atoms with Crippen molar-refractivity contribution in [1.29, 1.82) is 0 Å². The third-order valence-electron chi connectivity index (χ3n) is 2.58. The Bertz CT molecular complexity index is 526. The molecule has 94 valence electrons. The van der Waals surface area contributed by atoms with Gasteiger partial charge in [0.25, 0.3) is 0 Å². The Labute approximate surface area is 105 Å². The Morgan fingerprint density at radius 2 is 1.83 bits per heavy atom. The van der Waals surface area contributed by atoms with Gasteiger partial charge in [-0.15, -0.1) is 0 Å². The molecule has 0 saturated heterocycles. The van der Waals surface area contributed by atoms with Gasteiger partial charge in [0.05, 0.1) is 6.61 Å². The minimum Gasteiger partial charge on any atom is -0.457 e. The van der Waals surface area contributed by atoms with E-state index in [-0.39, 0.29) is 19.0 Å². The second-order valence-corrected chi connectivity index (χ2v) is 3.86. The van der Waals surface area contributed by atoms with Crippen molar-refractivity contribution in [3.05, 3.63) is 59.4 Å². The minimum absolute atomic E-state index is 0.00905. The molecule has 0 amide bonds. The summed E-state index contributed by atoms with van der Waals surface area (Å²) in [5, 5.41) is 8.93. The lowest BCUT2D eigenvalue weighted by atomic mass is 10.2. The number of nitrogens with two attached hydrogens (primary N) is 1. The van der Waals surface area contributed by atoms with Crippen LogP contribution in [0.2, 0.25) is 0 Å². The Hall–Kier alpha value is -1.91. The number of hydrogen-bond acceptors (Lipinski definition) is 3. The first-order chi connectivity index (χ1) is 8.72. The van der Waals surface area contributed by atoms with E-state index in [1.807, 2.05) is 0 Å². The zero-order valence-corrected chi connectivity index (χ0v) is 9.77. The van der Waals surface area contributed by atoms with Gasteiger partial charge in [0.1, 0.15) is 17.3 Å². The zero-order valence-electron chi connectivity index (χ0n) is 9.77. The number of hydrogen-bond donors (Lipinski definition) is 2. The van der Waals surface area contributed by atoms with Crippen molar-refractivity contribution >= 4 is 0 Å². The van der Waals surface area contributed by atoms with E-state index < -0.39 is 0 Å². The monoisotopic (exact) mass is 247 g/mol. The molecule has 0 spiro atoms. The predicted octanol–water partition coefficient (Wildman–Crippen LogP) is 2.57. The van der Waals surface area contributed by atoms with Crippen LogP contribution in [0.5, 0.6) is 11.5 Å². The van der Waals surface area contributed by atoms with Crippen LogP contribution in [0.1, 0.15) is 11.1 Å². The average Bonchev–Trinajstić information content (AvgIpc) is 2.41. The van der Waals surface area contributed by atoms with Gasteiger partial charge in [0.2, 0.25) is 0 Å². The van der Waals surface area contributed by atoms with Crippen molar-refractivity contribution < 1.29 is 14.2 Å². The minimum atomic E-state index is -0.335. The first-order valence-electron chi connectivity index (χ1n) is 5.59. The van der Waals surface area contributed by atoms with Gasteiger partial charge in [0.15, 0.2) is 0 Å². The molecular weight excluding hydrogens is 233 g/mol. The lowest BCUT2D eigenvalue weighted by molar-refractivity contribution is 0.281. The molecule has 0 aromatic heterocycles. The summed E-state index contributed by atoms with van der Waals surface area (Å²) in [6.07, 6.45) is 0. The third kappa shape index (κ3) is 2.85. The maximum absolute atomic E-state index is 13.0. The molecule has 3 N–H and O–H groups in total. The molecule has 0 atom stereocenters. The van der Waals surface area contributed by atoms with Gasteiger partial charge < -0.3 is 15.6 Å². The highest BCUT2D eigenvalue weighted by Gasteiger charge is 2.05. The molecule has 0 heterocycles. The van der Waals surface area contributed by atoms with Gasteiger partial charge in [-0.3, -0.25) is 0 Å². The Morgan fingerprint density at radius 3 is 2.44 bits per heavy atom. The fourth-order valence-electron chi connectivity index (χ4n) is 1.60. The largest absolute Gasteiger partial charge is 0.457 e. The number of ether oxygens (including phenoxy) is 1. The van der Waals surface area contributed by atoms with Crippen LogP contribution < -0.4 is 10.5 Å². The van der Waals surface area contributed by atoms with Crippen LogP contribution in [0.4, 0.5) is 4.39 Å². The van der Waals surface area contributed by atoms with Gasteiger partial charge >= 0.3 is 0 Å². The summed E-state index contributed by atoms with van der Waals surface area (Å²) in [5.41, 5.74) is 6.96. The highest BCUT2D eigenvalue weighted by atomic mass is 19.1. The number of rotatable bonds is 4. The molecule has 0 unspecified atom stereocenters. The highest BCUT2D eigenvalue weighted by molar-refractivity contribution is 5.38. The van der Waals surface area contributed by atoms with Crippen LogP contribution in [0.25, 0.3) is 0 Å². The summed E-state index contributed by atoms with van der Waals surface area (Å²) in [6, 6.07) is 11.3. The molecule has 0 saturated carbocycles. The molecule has 0 aliphatic heterocycles. The third-order valence-corrected chi connectivity index (χ3v) is 2.58. The Balaban J connectivity index is 2.22. The summed E-state index contributed by atoms with van der Waals surface area (Å²) in [6.45, 7) is 0.201. The second-order valence-electron chi connectivity index (χ2n) is 3.86. The van der Waals surface area contributed by atoms with Gasteiger partial charge in [0, 0.05) is 12.1 Å². The SMILES string of the molecule is NCc1cc(F)ccc1Oc1ccc(CO)cc1. The van der Waals surface area contributed by atoms with Crippen LogP contribution in [0, 0.1) is 5.82 Å². The van der Waals surface area contributed by atoms with Crippen molar-refractivity contribution in [1.82, 2.24) is 0 Å². The molecular formula is C14H14FNO2.